The Bertz CT molecular complexity index is 507. The first-order valence-electron chi connectivity index (χ1n) is 5.61. The van der Waals surface area contributed by atoms with E-state index in [1.807, 2.05) is 0 Å². The van der Waals surface area contributed by atoms with Crippen LogP contribution in [0.2, 0.25) is 0 Å². The molecule has 0 radical (unpaired) electrons. The lowest BCUT2D eigenvalue weighted by Crippen LogP contribution is -2.30. The van der Waals surface area contributed by atoms with E-state index >= 15 is 0 Å². The summed E-state index contributed by atoms with van der Waals surface area (Å²) in [5.41, 5.74) is 1.20. The average Bonchev–Trinajstić information content (AvgIpc) is 2.68. The van der Waals surface area contributed by atoms with Crippen LogP contribution < -0.4 is 4.74 Å². The Labute approximate surface area is 106 Å². The van der Waals surface area contributed by atoms with E-state index in [4.69, 9.17) is 9.47 Å². The summed E-state index contributed by atoms with van der Waals surface area (Å²) in [4.78, 5) is 13.8. The van der Waals surface area contributed by atoms with Crippen molar-refractivity contribution in [2.24, 2.45) is 0 Å². The number of nitriles is 1. The summed E-state index contributed by atoms with van der Waals surface area (Å²) in [6.45, 7) is 0.797. The number of hydrogen-bond donors (Lipinski definition) is 0. The molecule has 1 aromatic carbocycles. The zero-order chi connectivity index (χ0) is 13.1. The van der Waals surface area contributed by atoms with Crippen molar-refractivity contribution >= 4 is 5.91 Å². The lowest BCUT2D eigenvalue weighted by atomic mass is 10.0. The number of benzene rings is 1. The van der Waals surface area contributed by atoms with Gasteiger partial charge in [0.15, 0.2) is 0 Å². The van der Waals surface area contributed by atoms with Gasteiger partial charge in [0, 0.05) is 19.2 Å². The molecule has 0 saturated heterocycles. The molecule has 0 spiro atoms. The molecule has 0 fully saturated rings. The summed E-state index contributed by atoms with van der Waals surface area (Å²) in [6.07, 6.45) is 0. The fourth-order valence-corrected chi connectivity index (χ4v) is 2.16. The van der Waals surface area contributed by atoms with Crippen LogP contribution in [0.25, 0.3) is 0 Å². The Morgan fingerprint density at radius 1 is 1.44 bits per heavy atom. The first-order chi connectivity index (χ1) is 8.74. The maximum atomic E-state index is 12.3. The van der Waals surface area contributed by atoms with E-state index in [2.05, 4.69) is 6.07 Å². The van der Waals surface area contributed by atoms with E-state index < -0.39 is 6.04 Å². The molecule has 5 heteroatoms. The monoisotopic (exact) mass is 246 g/mol. The molecule has 2 rings (SSSR count). The Balaban J connectivity index is 2.43. The van der Waals surface area contributed by atoms with Gasteiger partial charge in [-0.05, 0) is 6.07 Å². The van der Waals surface area contributed by atoms with Crippen molar-refractivity contribution in [2.75, 3.05) is 27.4 Å². The molecule has 5 nitrogen and oxygen atoms in total. The van der Waals surface area contributed by atoms with Crippen LogP contribution in [0.3, 0.4) is 0 Å². The fourth-order valence-electron chi connectivity index (χ4n) is 2.16. The zero-order valence-electron chi connectivity index (χ0n) is 10.3. The van der Waals surface area contributed by atoms with Gasteiger partial charge in [-0.1, -0.05) is 12.1 Å². The second kappa shape index (κ2) is 5.07. The van der Waals surface area contributed by atoms with Crippen molar-refractivity contribution < 1.29 is 14.3 Å². The smallest absolute Gasteiger partial charge is 0.259 e. The van der Waals surface area contributed by atoms with Crippen LogP contribution in [-0.2, 0) is 4.74 Å². The van der Waals surface area contributed by atoms with Crippen LogP contribution in [0.4, 0.5) is 0 Å². The van der Waals surface area contributed by atoms with Crippen LogP contribution in [0.1, 0.15) is 22.0 Å². The fraction of sp³-hybridized carbons (Fsp3) is 0.385. The Hall–Kier alpha value is -2.06. The summed E-state index contributed by atoms with van der Waals surface area (Å²) >= 11 is 0. The highest BCUT2D eigenvalue weighted by atomic mass is 16.5. The lowest BCUT2D eigenvalue weighted by Gasteiger charge is -2.19. The van der Waals surface area contributed by atoms with Gasteiger partial charge >= 0.3 is 0 Å². The highest BCUT2D eigenvalue weighted by Crippen LogP contribution is 2.37. The maximum absolute atomic E-state index is 12.3. The SMILES string of the molecule is COCCN1C(=O)c2c(OC)cccc2C1C#N. The summed E-state index contributed by atoms with van der Waals surface area (Å²) in [5, 5.41) is 9.24. The molecule has 0 N–H and O–H groups in total. The number of carbonyl (C=O) groups is 1. The standard InChI is InChI=1S/C13H14N2O3/c1-17-7-6-15-10(8-14)9-4-3-5-11(18-2)12(9)13(15)16/h3-5,10H,6-7H2,1-2H3. The van der Waals surface area contributed by atoms with Gasteiger partial charge in [0.1, 0.15) is 11.8 Å². The predicted molar refractivity (Wildman–Crippen MR) is 64.3 cm³/mol. The van der Waals surface area contributed by atoms with Crippen molar-refractivity contribution in [2.45, 2.75) is 6.04 Å². The van der Waals surface area contributed by atoms with Crippen molar-refractivity contribution in [3.05, 3.63) is 29.3 Å². The van der Waals surface area contributed by atoms with Crippen molar-refractivity contribution in [3.63, 3.8) is 0 Å². The van der Waals surface area contributed by atoms with E-state index in [1.165, 1.54) is 12.0 Å². The third-order valence-corrected chi connectivity index (χ3v) is 3.02. The molecule has 1 aliphatic rings. The number of methoxy groups -OCH3 is 2. The van der Waals surface area contributed by atoms with Gasteiger partial charge in [-0.3, -0.25) is 4.79 Å². The molecule has 18 heavy (non-hydrogen) atoms. The first-order valence-corrected chi connectivity index (χ1v) is 5.61. The highest BCUT2D eigenvalue weighted by Gasteiger charge is 2.38. The second-order valence-electron chi connectivity index (χ2n) is 3.95. The van der Waals surface area contributed by atoms with Gasteiger partial charge in [-0.25, -0.2) is 0 Å². The quantitative estimate of drug-likeness (QED) is 0.804. The number of nitrogens with zero attached hydrogens (tertiary/aromatic N) is 2. The van der Waals surface area contributed by atoms with Gasteiger partial charge in [-0.2, -0.15) is 5.26 Å². The van der Waals surface area contributed by atoms with Crippen molar-refractivity contribution in [3.8, 4) is 11.8 Å². The lowest BCUT2D eigenvalue weighted by molar-refractivity contribution is 0.0691. The van der Waals surface area contributed by atoms with Gasteiger partial charge < -0.3 is 14.4 Å². The number of carbonyl (C=O) groups excluding carboxylic acids is 1. The van der Waals surface area contributed by atoms with Crippen LogP contribution in [-0.4, -0.2) is 38.2 Å². The molecule has 0 aliphatic carbocycles. The molecule has 1 aliphatic heterocycles. The number of ether oxygens (including phenoxy) is 2. The number of rotatable bonds is 4. The number of amides is 1. The molecule has 1 atom stereocenters. The van der Waals surface area contributed by atoms with Crippen molar-refractivity contribution in [1.29, 1.82) is 5.26 Å². The molecule has 1 unspecified atom stereocenters. The summed E-state index contributed by atoms with van der Waals surface area (Å²) in [5.74, 6) is 0.337. The Morgan fingerprint density at radius 3 is 2.83 bits per heavy atom. The molecule has 1 heterocycles. The van der Waals surface area contributed by atoms with Crippen LogP contribution >= 0.6 is 0 Å². The topological polar surface area (TPSA) is 62.6 Å². The number of fused-ring (bicyclic) bond motifs is 1. The zero-order valence-corrected chi connectivity index (χ0v) is 10.3. The van der Waals surface area contributed by atoms with E-state index in [-0.39, 0.29) is 5.91 Å². The molecular weight excluding hydrogens is 232 g/mol. The third-order valence-electron chi connectivity index (χ3n) is 3.02. The van der Waals surface area contributed by atoms with Crippen LogP contribution in [0.5, 0.6) is 5.75 Å². The maximum Gasteiger partial charge on any atom is 0.259 e. The van der Waals surface area contributed by atoms with Crippen LogP contribution in [0.15, 0.2) is 18.2 Å². The molecule has 1 aromatic rings. The minimum absolute atomic E-state index is 0.175. The van der Waals surface area contributed by atoms with Gasteiger partial charge in [0.25, 0.3) is 5.91 Å². The van der Waals surface area contributed by atoms with Crippen LogP contribution in [0, 0.1) is 11.3 Å². The molecule has 0 aromatic heterocycles. The molecule has 0 saturated carbocycles. The predicted octanol–water partition coefficient (Wildman–Crippen LogP) is 1.36. The first kappa shape index (κ1) is 12.4. The summed E-state index contributed by atoms with van der Waals surface area (Å²) in [6, 6.07) is 6.90. The molecule has 94 valence electrons. The van der Waals surface area contributed by atoms with Gasteiger partial charge in [0.05, 0.1) is 25.3 Å². The average molecular weight is 246 g/mol. The minimum atomic E-state index is -0.558. The van der Waals surface area contributed by atoms with E-state index in [0.717, 1.165) is 0 Å². The number of hydrogen-bond acceptors (Lipinski definition) is 4. The molecule has 1 amide bonds. The normalized spacial score (nSPS) is 17.5. The third kappa shape index (κ3) is 1.81. The van der Waals surface area contributed by atoms with E-state index in [9.17, 15) is 10.1 Å². The van der Waals surface area contributed by atoms with E-state index in [0.29, 0.717) is 30.0 Å². The summed E-state index contributed by atoms with van der Waals surface area (Å²) in [7, 11) is 3.08. The highest BCUT2D eigenvalue weighted by molar-refractivity contribution is 6.02. The largest absolute Gasteiger partial charge is 0.496 e. The Kier molecular flexibility index (Phi) is 3.49. The Morgan fingerprint density at radius 2 is 2.22 bits per heavy atom. The van der Waals surface area contributed by atoms with Gasteiger partial charge in [0.2, 0.25) is 0 Å². The van der Waals surface area contributed by atoms with Crippen molar-refractivity contribution in [1.82, 2.24) is 4.90 Å². The summed E-state index contributed by atoms with van der Waals surface area (Å²) < 4.78 is 10.2. The molecule has 0 bridgehead atoms. The van der Waals surface area contributed by atoms with Gasteiger partial charge in [-0.15, -0.1) is 0 Å². The molecular formula is C13H14N2O3. The minimum Gasteiger partial charge on any atom is -0.496 e. The second-order valence-corrected chi connectivity index (χ2v) is 3.95. The van der Waals surface area contributed by atoms with E-state index in [1.54, 1.807) is 25.3 Å².